The van der Waals surface area contributed by atoms with E-state index in [0.717, 1.165) is 39.8 Å². The lowest BCUT2D eigenvalue weighted by Gasteiger charge is -2.12. The van der Waals surface area contributed by atoms with Gasteiger partial charge in [0.05, 0.1) is 17.8 Å². The molecule has 0 spiro atoms. The molecule has 0 amide bonds. The van der Waals surface area contributed by atoms with E-state index in [2.05, 4.69) is 20.5 Å². The first kappa shape index (κ1) is 14.4. The molecule has 1 unspecified atom stereocenters. The number of thiophene rings is 1. The monoisotopic (exact) mass is 341 g/mol. The molecule has 0 aromatic carbocycles. The smallest absolute Gasteiger partial charge is 0.268 e. The molecule has 6 nitrogen and oxygen atoms in total. The number of hydrogen-bond acceptors (Lipinski definition) is 5. The van der Waals surface area contributed by atoms with Crippen molar-refractivity contribution in [1.82, 2.24) is 25.5 Å². The fraction of sp³-hybridized carbons (Fsp3) is 0.471. The van der Waals surface area contributed by atoms with Crippen LogP contribution in [0.2, 0.25) is 0 Å². The third kappa shape index (κ3) is 2.15. The maximum Gasteiger partial charge on any atom is 0.268 e. The summed E-state index contributed by atoms with van der Waals surface area (Å²) in [7, 11) is 0. The second-order valence-corrected chi connectivity index (χ2v) is 7.99. The molecule has 1 aliphatic carbocycles. The molecule has 4 heterocycles. The molecule has 0 radical (unpaired) electrons. The SMILES string of the molecule is Cc1[nH]ncc1-c1cc2nc(C3C[C@@H]4CCC[C@@H]4N3)[nH]c(=O)c2s1. The number of H-pyrrole nitrogens is 2. The topological polar surface area (TPSA) is 86.5 Å². The Bertz CT molecular complexity index is 959. The molecule has 24 heavy (non-hydrogen) atoms. The molecule has 1 aliphatic heterocycles. The Labute approximate surface area is 142 Å². The lowest BCUT2D eigenvalue weighted by Crippen LogP contribution is -2.26. The molecular formula is C17H19N5OS. The summed E-state index contributed by atoms with van der Waals surface area (Å²) in [6.07, 6.45) is 6.74. The predicted molar refractivity (Wildman–Crippen MR) is 94.2 cm³/mol. The van der Waals surface area contributed by atoms with Gasteiger partial charge in [-0.1, -0.05) is 6.42 Å². The van der Waals surface area contributed by atoms with Crippen molar-refractivity contribution in [1.29, 1.82) is 0 Å². The molecule has 2 aliphatic rings. The van der Waals surface area contributed by atoms with Crippen LogP contribution in [0, 0.1) is 12.8 Å². The summed E-state index contributed by atoms with van der Waals surface area (Å²) in [5.41, 5.74) is 2.79. The Morgan fingerprint density at radius 2 is 2.25 bits per heavy atom. The van der Waals surface area contributed by atoms with Gasteiger partial charge in [0.15, 0.2) is 0 Å². The minimum Gasteiger partial charge on any atom is -0.308 e. The number of aryl methyl sites for hydroxylation is 1. The van der Waals surface area contributed by atoms with E-state index in [-0.39, 0.29) is 11.6 Å². The minimum absolute atomic E-state index is 0.0359. The van der Waals surface area contributed by atoms with E-state index in [0.29, 0.717) is 10.7 Å². The van der Waals surface area contributed by atoms with Crippen molar-refractivity contribution < 1.29 is 0 Å². The van der Waals surface area contributed by atoms with Crippen LogP contribution < -0.4 is 10.9 Å². The fourth-order valence-electron chi connectivity index (χ4n) is 4.21. The van der Waals surface area contributed by atoms with Crippen LogP contribution in [0.3, 0.4) is 0 Å². The van der Waals surface area contributed by atoms with Gasteiger partial charge in [0, 0.05) is 22.2 Å². The number of rotatable bonds is 2. The molecule has 3 aromatic rings. The Hall–Kier alpha value is -1.99. The first-order valence-electron chi connectivity index (χ1n) is 8.49. The molecule has 1 saturated carbocycles. The largest absolute Gasteiger partial charge is 0.308 e. The van der Waals surface area contributed by atoms with E-state index < -0.39 is 0 Å². The average molecular weight is 341 g/mol. The van der Waals surface area contributed by atoms with Gasteiger partial charge in [0.1, 0.15) is 10.5 Å². The van der Waals surface area contributed by atoms with Gasteiger partial charge in [0.2, 0.25) is 0 Å². The van der Waals surface area contributed by atoms with Crippen molar-refractivity contribution in [3.63, 3.8) is 0 Å². The van der Waals surface area contributed by atoms with Crippen molar-refractivity contribution in [2.45, 2.75) is 44.7 Å². The molecule has 0 bridgehead atoms. The summed E-state index contributed by atoms with van der Waals surface area (Å²) in [5.74, 6) is 1.53. The summed E-state index contributed by atoms with van der Waals surface area (Å²) < 4.78 is 0.688. The number of aromatic amines is 2. The predicted octanol–water partition coefficient (Wildman–Crippen LogP) is 2.89. The normalized spacial score (nSPS) is 26.3. The van der Waals surface area contributed by atoms with Gasteiger partial charge >= 0.3 is 0 Å². The van der Waals surface area contributed by atoms with Gasteiger partial charge in [0.25, 0.3) is 5.56 Å². The zero-order chi connectivity index (χ0) is 16.3. The second kappa shape index (κ2) is 5.26. The highest BCUT2D eigenvalue weighted by molar-refractivity contribution is 7.22. The molecule has 2 fully saturated rings. The van der Waals surface area contributed by atoms with Gasteiger partial charge in [-0.15, -0.1) is 11.3 Å². The quantitative estimate of drug-likeness (QED) is 0.669. The van der Waals surface area contributed by atoms with E-state index in [1.807, 2.05) is 13.0 Å². The van der Waals surface area contributed by atoms with Gasteiger partial charge in [-0.05, 0) is 38.2 Å². The van der Waals surface area contributed by atoms with Crippen LogP contribution in [0.1, 0.15) is 43.2 Å². The maximum atomic E-state index is 12.5. The molecule has 3 N–H and O–H groups in total. The van der Waals surface area contributed by atoms with Gasteiger partial charge in [-0.3, -0.25) is 9.89 Å². The Balaban J connectivity index is 1.55. The van der Waals surface area contributed by atoms with Crippen LogP contribution in [0.15, 0.2) is 17.1 Å². The van der Waals surface area contributed by atoms with Crippen LogP contribution in [0.5, 0.6) is 0 Å². The minimum atomic E-state index is -0.0359. The zero-order valence-corrected chi connectivity index (χ0v) is 14.2. The van der Waals surface area contributed by atoms with Gasteiger partial charge in [-0.25, -0.2) is 4.98 Å². The first-order chi connectivity index (χ1) is 11.7. The van der Waals surface area contributed by atoms with Crippen molar-refractivity contribution in [3.8, 4) is 10.4 Å². The summed E-state index contributed by atoms with van der Waals surface area (Å²) in [4.78, 5) is 21.3. The highest BCUT2D eigenvalue weighted by atomic mass is 32.1. The third-order valence-corrected chi connectivity index (χ3v) is 6.60. The summed E-state index contributed by atoms with van der Waals surface area (Å²) in [6, 6.07) is 2.78. The Morgan fingerprint density at radius 1 is 1.33 bits per heavy atom. The highest BCUT2D eigenvalue weighted by Gasteiger charge is 2.38. The first-order valence-corrected chi connectivity index (χ1v) is 9.31. The summed E-state index contributed by atoms with van der Waals surface area (Å²) >= 11 is 1.48. The van der Waals surface area contributed by atoms with Crippen LogP contribution in [0.25, 0.3) is 20.7 Å². The highest BCUT2D eigenvalue weighted by Crippen LogP contribution is 2.40. The molecular weight excluding hydrogens is 322 g/mol. The Kier molecular flexibility index (Phi) is 3.14. The third-order valence-electron chi connectivity index (χ3n) is 5.44. The van der Waals surface area contributed by atoms with Gasteiger partial charge in [-0.2, -0.15) is 5.10 Å². The average Bonchev–Trinajstić information content (AvgIpc) is 3.28. The summed E-state index contributed by atoms with van der Waals surface area (Å²) in [5, 5.41) is 10.7. The number of fused-ring (bicyclic) bond motifs is 2. The standard InChI is InChI=1S/C17H19N5OS/c1-8-10(7-18-22-8)14-6-12-15(24-14)17(23)21-16(20-12)13-5-9-3-2-4-11(9)19-13/h6-7,9,11,13,19H,2-5H2,1H3,(H,18,22)(H,20,21,23)/t9-,11-,13?/m0/s1. The fourth-order valence-corrected chi connectivity index (χ4v) is 5.27. The molecule has 3 atom stereocenters. The number of nitrogens with zero attached hydrogens (tertiary/aromatic N) is 2. The zero-order valence-electron chi connectivity index (χ0n) is 13.4. The van der Waals surface area contributed by atoms with Crippen LogP contribution in [-0.2, 0) is 0 Å². The van der Waals surface area contributed by atoms with Crippen molar-refractivity contribution in [2.24, 2.45) is 5.92 Å². The molecule has 5 rings (SSSR count). The Morgan fingerprint density at radius 3 is 3.04 bits per heavy atom. The van der Waals surface area contributed by atoms with E-state index in [9.17, 15) is 4.79 Å². The molecule has 3 aromatic heterocycles. The summed E-state index contributed by atoms with van der Waals surface area (Å²) in [6.45, 7) is 1.98. The van der Waals surface area contributed by atoms with E-state index in [1.54, 1.807) is 6.20 Å². The number of aromatic nitrogens is 4. The lowest BCUT2D eigenvalue weighted by atomic mass is 10.0. The van der Waals surface area contributed by atoms with Crippen molar-refractivity contribution in [3.05, 3.63) is 34.1 Å². The van der Waals surface area contributed by atoms with Crippen molar-refractivity contribution >= 4 is 21.6 Å². The van der Waals surface area contributed by atoms with Crippen molar-refractivity contribution in [2.75, 3.05) is 0 Å². The van der Waals surface area contributed by atoms with E-state index >= 15 is 0 Å². The molecule has 1 saturated heterocycles. The van der Waals surface area contributed by atoms with E-state index in [4.69, 9.17) is 4.98 Å². The van der Waals surface area contributed by atoms with E-state index in [1.165, 1.54) is 30.6 Å². The van der Waals surface area contributed by atoms with Crippen LogP contribution in [-0.4, -0.2) is 26.2 Å². The second-order valence-electron chi connectivity index (χ2n) is 6.94. The van der Waals surface area contributed by atoms with Crippen LogP contribution in [0.4, 0.5) is 0 Å². The van der Waals surface area contributed by atoms with Crippen LogP contribution >= 0.6 is 11.3 Å². The molecule has 7 heteroatoms. The lowest BCUT2D eigenvalue weighted by molar-refractivity contribution is 0.515. The number of hydrogen-bond donors (Lipinski definition) is 3. The number of nitrogens with one attached hydrogen (secondary N) is 3. The molecule has 124 valence electrons. The maximum absolute atomic E-state index is 12.5. The van der Waals surface area contributed by atoms with Gasteiger partial charge < -0.3 is 10.3 Å².